The molecule has 1 heterocycles. The highest BCUT2D eigenvalue weighted by atomic mass is 16.5. The van der Waals surface area contributed by atoms with E-state index in [1.165, 1.54) is 7.11 Å². The SMILES string of the molecule is COCCOc1cc(NC(=O)c2n[nH]c(=O)c3ccccc23)ccc1OC. The lowest BCUT2D eigenvalue weighted by Gasteiger charge is -2.13. The molecule has 0 bridgehead atoms. The van der Waals surface area contributed by atoms with Crippen LogP contribution < -0.4 is 20.3 Å². The maximum Gasteiger partial charge on any atom is 0.276 e. The zero-order valence-electron chi connectivity index (χ0n) is 14.9. The van der Waals surface area contributed by atoms with E-state index in [0.717, 1.165) is 0 Å². The van der Waals surface area contributed by atoms with Crippen LogP contribution in [0.25, 0.3) is 10.8 Å². The number of H-pyrrole nitrogens is 1. The van der Waals surface area contributed by atoms with Gasteiger partial charge in [0, 0.05) is 24.2 Å². The summed E-state index contributed by atoms with van der Waals surface area (Å²) in [4.78, 5) is 24.5. The zero-order valence-corrected chi connectivity index (χ0v) is 14.9. The van der Waals surface area contributed by atoms with Gasteiger partial charge in [-0.05, 0) is 18.2 Å². The highest BCUT2D eigenvalue weighted by Crippen LogP contribution is 2.30. The number of rotatable bonds is 7. The van der Waals surface area contributed by atoms with Gasteiger partial charge in [-0.25, -0.2) is 5.10 Å². The summed E-state index contributed by atoms with van der Waals surface area (Å²) in [6, 6.07) is 11.8. The number of nitrogens with zero attached hydrogens (tertiary/aromatic N) is 1. The third-order valence-corrected chi connectivity index (χ3v) is 3.88. The molecule has 0 spiro atoms. The van der Waals surface area contributed by atoms with E-state index in [-0.39, 0.29) is 11.3 Å². The number of anilines is 1. The van der Waals surface area contributed by atoms with Crippen LogP contribution in [0.15, 0.2) is 47.3 Å². The van der Waals surface area contributed by atoms with Crippen LogP contribution in [-0.4, -0.2) is 43.5 Å². The smallest absolute Gasteiger partial charge is 0.276 e. The van der Waals surface area contributed by atoms with Crippen molar-refractivity contribution in [1.29, 1.82) is 0 Å². The second kappa shape index (κ2) is 8.33. The number of benzene rings is 2. The molecule has 0 unspecified atom stereocenters. The largest absolute Gasteiger partial charge is 0.493 e. The number of aromatic nitrogens is 2. The summed E-state index contributed by atoms with van der Waals surface area (Å²) >= 11 is 0. The van der Waals surface area contributed by atoms with E-state index in [0.29, 0.717) is 41.2 Å². The minimum Gasteiger partial charge on any atom is -0.493 e. The Balaban J connectivity index is 1.87. The van der Waals surface area contributed by atoms with Gasteiger partial charge >= 0.3 is 0 Å². The molecule has 0 fully saturated rings. The summed E-state index contributed by atoms with van der Waals surface area (Å²) in [5, 5.41) is 9.88. The Morgan fingerprint density at radius 3 is 2.59 bits per heavy atom. The Bertz CT molecular complexity index is 1020. The molecule has 0 saturated heterocycles. The number of hydrogen-bond donors (Lipinski definition) is 2. The molecule has 0 aliphatic heterocycles. The van der Waals surface area contributed by atoms with Crippen LogP contribution in [0, 0.1) is 0 Å². The normalized spacial score (nSPS) is 10.6. The van der Waals surface area contributed by atoms with E-state index in [2.05, 4.69) is 15.5 Å². The summed E-state index contributed by atoms with van der Waals surface area (Å²) in [6.07, 6.45) is 0. The van der Waals surface area contributed by atoms with Crippen LogP contribution in [0.2, 0.25) is 0 Å². The first-order chi connectivity index (χ1) is 13.1. The van der Waals surface area contributed by atoms with Gasteiger partial charge in [0.2, 0.25) is 0 Å². The number of fused-ring (bicyclic) bond motifs is 1. The topological polar surface area (TPSA) is 103 Å². The summed E-state index contributed by atoms with van der Waals surface area (Å²) in [5.74, 6) is 0.568. The van der Waals surface area contributed by atoms with E-state index >= 15 is 0 Å². The molecule has 0 radical (unpaired) electrons. The summed E-state index contributed by atoms with van der Waals surface area (Å²) in [6.45, 7) is 0.767. The molecular formula is C19H19N3O5. The van der Waals surface area contributed by atoms with Crippen molar-refractivity contribution in [2.75, 3.05) is 32.8 Å². The summed E-state index contributed by atoms with van der Waals surface area (Å²) in [7, 11) is 3.12. The van der Waals surface area contributed by atoms with E-state index in [4.69, 9.17) is 14.2 Å². The first kappa shape index (κ1) is 18.4. The molecule has 140 valence electrons. The number of aromatic amines is 1. The van der Waals surface area contributed by atoms with Gasteiger partial charge in [0.15, 0.2) is 17.2 Å². The van der Waals surface area contributed by atoms with Crippen LogP contribution in [0.1, 0.15) is 10.5 Å². The fourth-order valence-corrected chi connectivity index (χ4v) is 2.58. The molecule has 0 aliphatic rings. The Hall–Kier alpha value is -3.39. The Kier molecular flexibility index (Phi) is 5.68. The molecule has 0 saturated carbocycles. The maximum atomic E-state index is 12.7. The third kappa shape index (κ3) is 4.06. The van der Waals surface area contributed by atoms with Crippen molar-refractivity contribution in [3.8, 4) is 11.5 Å². The van der Waals surface area contributed by atoms with Gasteiger partial charge in [-0.15, -0.1) is 0 Å². The van der Waals surface area contributed by atoms with Gasteiger partial charge < -0.3 is 19.5 Å². The minimum atomic E-state index is -0.449. The van der Waals surface area contributed by atoms with Gasteiger partial charge in [0.1, 0.15) is 6.61 Å². The van der Waals surface area contributed by atoms with Gasteiger partial charge in [0.25, 0.3) is 11.5 Å². The summed E-state index contributed by atoms with van der Waals surface area (Å²) in [5.41, 5.74) is 0.286. The lowest BCUT2D eigenvalue weighted by atomic mass is 10.1. The van der Waals surface area contributed by atoms with E-state index in [9.17, 15) is 9.59 Å². The fourth-order valence-electron chi connectivity index (χ4n) is 2.58. The standard InChI is InChI=1S/C19H19N3O5/c1-25-9-10-27-16-11-12(7-8-15(16)26-2)20-19(24)17-13-5-3-4-6-14(13)18(23)22-21-17/h3-8,11H,9-10H2,1-2H3,(H,20,24)(H,22,23). The third-order valence-electron chi connectivity index (χ3n) is 3.88. The molecule has 8 nitrogen and oxygen atoms in total. The highest BCUT2D eigenvalue weighted by Gasteiger charge is 2.15. The Morgan fingerprint density at radius 1 is 1.07 bits per heavy atom. The number of hydrogen-bond acceptors (Lipinski definition) is 6. The predicted octanol–water partition coefficient (Wildman–Crippen LogP) is 2.21. The van der Waals surface area contributed by atoms with E-state index < -0.39 is 5.91 Å². The number of nitrogens with one attached hydrogen (secondary N) is 2. The van der Waals surface area contributed by atoms with Crippen molar-refractivity contribution in [3.63, 3.8) is 0 Å². The molecule has 27 heavy (non-hydrogen) atoms. The van der Waals surface area contributed by atoms with Gasteiger partial charge in [-0.3, -0.25) is 9.59 Å². The fraction of sp³-hybridized carbons (Fsp3) is 0.211. The first-order valence-corrected chi connectivity index (χ1v) is 8.22. The minimum absolute atomic E-state index is 0.128. The molecule has 2 aromatic carbocycles. The Morgan fingerprint density at radius 2 is 1.85 bits per heavy atom. The Labute approximate surface area is 155 Å². The number of methoxy groups -OCH3 is 2. The number of ether oxygens (including phenoxy) is 3. The molecule has 1 aromatic heterocycles. The molecule has 3 rings (SSSR count). The maximum absolute atomic E-state index is 12.7. The van der Waals surface area contributed by atoms with Gasteiger partial charge in [-0.1, -0.05) is 18.2 Å². The van der Waals surface area contributed by atoms with Gasteiger partial charge in [0.05, 0.1) is 19.1 Å². The van der Waals surface area contributed by atoms with Crippen LogP contribution in [-0.2, 0) is 4.74 Å². The molecule has 0 atom stereocenters. The number of carbonyl (C=O) groups is 1. The molecule has 0 aliphatic carbocycles. The average molecular weight is 369 g/mol. The molecular weight excluding hydrogens is 350 g/mol. The van der Waals surface area contributed by atoms with Crippen molar-refractivity contribution >= 4 is 22.4 Å². The lowest BCUT2D eigenvalue weighted by molar-refractivity contribution is 0.102. The molecule has 1 amide bonds. The monoisotopic (exact) mass is 369 g/mol. The first-order valence-electron chi connectivity index (χ1n) is 8.22. The second-order valence-electron chi connectivity index (χ2n) is 5.61. The van der Waals surface area contributed by atoms with E-state index in [1.54, 1.807) is 49.6 Å². The van der Waals surface area contributed by atoms with Gasteiger partial charge in [-0.2, -0.15) is 5.10 Å². The summed E-state index contributed by atoms with van der Waals surface area (Å²) < 4.78 is 15.8. The highest BCUT2D eigenvalue weighted by molar-refractivity contribution is 6.11. The van der Waals surface area contributed by atoms with Crippen LogP contribution in [0.5, 0.6) is 11.5 Å². The lowest BCUT2D eigenvalue weighted by Crippen LogP contribution is -2.19. The molecule has 8 heteroatoms. The quantitative estimate of drug-likeness (QED) is 0.619. The van der Waals surface area contributed by atoms with Crippen LogP contribution >= 0.6 is 0 Å². The van der Waals surface area contributed by atoms with Crippen LogP contribution in [0.3, 0.4) is 0 Å². The van der Waals surface area contributed by atoms with Crippen molar-refractivity contribution in [3.05, 3.63) is 58.5 Å². The molecule has 2 N–H and O–H groups in total. The van der Waals surface area contributed by atoms with Crippen molar-refractivity contribution in [2.45, 2.75) is 0 Å². The van der Waals surface area contributed by atoms with Crippen molar-refractivity contribution in [2.24, 2.45) is 0 Å². The number of carbonyl (C=O) groups excluding carboxylic acids is 1. The van der Waals surface area contributed by atoms with Crippen molar-refractivity contribution in [1.82, 2.24) is 10.2 Å². The zero-order chi connectivity index (χ0) is 19.2. The molecule has 3 aromatic rings. The van der Waals surface area contributed by atoms with Crippen molar-refractivity contribution < 1.29 is 19.0 Å². The van der Waals surface area contributed by atoms with Crippen LogP contribution in [0.4, 0.5) is 5.69 Å². The predicted molar refractivity (Wildman–Crippen MR) is 101 cm³/mol. The second-order valence-corrected chi connectivity index (χ2v) is 5.61. The van der Waals surface area contributed by atoms with E-state index in [1.807, 2.05) is 0 Å². The number of amides is 1. The average Bonchev–Trinajstić information content (AvgIpc) is 2.69.